The minimum atomic E-state index is -0.924. The van der Waals surface area contributed by atoms with Crippen LogP contribution in [0.3, 0.4) is 0 Å². The van der Waals surface area contributed by atoms with Crippen LogP contribution in [-0.4, -0.2) is 48.2 Å². The lowest BCUT2D eigenvalue weighted by molar-refractivity contribution is -0.136. The van der Waals surface area contributed by atoms with Crippen LogP contribution in [0.15, 0.2) is 24.3 Å². The number of carbonyl (C=O) groups excluding carboxylic acids is 1. The Bertz CT molecular complexity index is 513. The summed E-state index contributed by atoms with van der Waals surface area (Å²) in [6.07, 6.45) is 0.922. The highest BCUT2D eigenvalue weighted by Gasteiger charge is 2.18. The smallest absolute Gasteiger partial charge is 0.314 e. The molecule has 0 saturated carbocycles. The maximum Gasteiger partial charge on any atom is 0.314 e. The Balaban J connectivity index is 2.68. The van der Waals surface area contributed by atoms with Gasteiger partial charge in [0.15, 0.2) is 0 Å². The molecule has 0 aliphatic heterocycles. The van der Waals surface area contributed by atoms with E-state index in [0.29, 0.717) is 6.54 Å². The largest absolute Gasteiger partial charge is 0.481 e. The molecular weight excluding hydrogens is 306 g/mol. The highest BCUT2D eigenvalue weighted by molar-refractivity contribution is 5.75. The molecule has 0 fully saturated rings. The van der Waals surface area contributed by atoms with Crippen molar-refractivity contribution >= 4 is 12.0 Å². The Morgan fingerprint density at radius 1 is 1.08 bits per heavy atom. The van der Waals surface area contributed by atoms with Crippen molar-refractivity contribution in [3.63, 3.8) is 0 Å². The number of carboxylic acids is 1. The zero-order chi connectivity index (χ0) is 17.9. The van der Waals surface area contributed by atoms with Crippen LogP contribution in [0.4, 0.5) is 4.79 Å². The highest BCUT2D eigenvalue weighted by atomic mass is 16.4. The minimum Gasteiger partial charge on any atom is -0.481 e. The molecule has 0 heterocycles. The molecule has 6 nitrogen and oxygen atoms in total. The van der Waals surface area contributed by atoms with E-state index < -0.39 is 5.97 Å². The third-order valence-corrected chi connectivity index (χ3v) is 4.11. The summed E-state index contributed by atoms with van der Waals surface area (Å²) >= 11 is 0. The minimum absolute atomic E-state index is 0.0780. The first-order valence-corrected chi connectivity index (χ1v) is 8.58. The van der Waals surface area contributed by atoms with E-state index in [1.54, 1.807) is 0 Å². The Kier molecular flexibility index (Phi) is 8.86. The van der Waals surface area contributed by atoms with Gasteiger partial charge < -0.3 is 15.7 Å². The molecule has 24 heavy (non-hydrogen) atoms. The van der Waals surface area contributed by atoms with Gasteiger partial charge in [0.2, 0.25) is 0 Å². The van der Waals surface area contributed by atoms with Gasteiger partial charge in [-0.1, -0.05) is 45.0 Å². The fourth-order valence-electron chi connectivity index (χ4n) is 2.63. The molecule has 0 saturated heterocycles. The van der Waals surface area contributed by atoms with E-state index in [4.69, 9.17) is 5.11 Å². The van der Waals surface area contributed by atoms with Gasteiger partial charge in [0.25, 0.3) is 0 Å². The number of nitrogens with one attached hydrogen (secondary N) is 2. The summed E-state index contributed by atoms with van der Waals surface area (Å²) in [6, 6.07) is 8.24. The summed E-state index contributed by atoms with van der Waals surface area (Å²) in [5, 5.41) is 14.0. The van der Waals surface area contributed by atoms with Gasteiger partial charge in [-0.3, -0.25) is 9.69 Å². The Morgan fingerprint density at radius 3 is 2.21 bits per heavy atom. The summed E-state index contributed by atoms with van der Waals surface area (Å²) in [5.41, 5.74) is 2.46. The van der Waals surface area contributed by atoms with Crippen LogP contribution in [0.5, 0.6) is 0 Å². The summed E-state index contributed by atoms with van der Waals surface area (Å²) in [6.45, 7) is 8.71. The Morgan fingerprint density at radius 2 is 1.71 bits per heavy atom. The van der Waals surface area contributed by atoms with E-state index in [1.807, 2.05) is 0 Å². The standard InChI is InChI=1S/C18H29N3O3/c1-4-14-7-9-15(10-8-14)16(21(5-2)6-3)13-20-18(24)19-12-11-17(22)23/h7-10,16H,4-6,11-13H2,1-3H3,(H,22,23)(H2,19,20,24). The first-order chi connectivity index (χ1) is 11.5. The second-order valence-electron chi connectivity index (χ2n) is 5.61. The van der Waals surface area contributed by atoms with Gasteiger partial charge in [0.05, 0.1) is 12.5 Å². The van der Waals surface area contributed by atoms with E-state index in [2.05, 4.69) is 60.6 Å². The lowest BCUT2D eigenvalue weighted by Gasteiger charge is -2.30. The van der Waals surface area contributed by atoms with Crippen LogP contribution in [0.25, 0.3) is 0 Å². The van der Waals surface area contributed by atoms with Crippen LogP contribution < -0.4 is 10.6 Å². The molecule has 1 unspecified atom stereocenters. The van der Waals surface area contributed by atoms with E-state index in [-0.39, 0.29) is 25.0 Å². The number of carboxylic acid groups (broad SMARTS) is 1. The van der Waals surface area contributed by atoms with Crippen molar-refractivity contribution in [1.82, 2.24) is 15.5 Å². The number of aryl methyl sites for hydroxylation is 1. The normalized spacial score (nSPS) is 12.0. The molecule has 0 aliphatic carbocycles. The molecule has 0 aliphatic rings. The number of hydrogen-bond acceptors (Lipinski definition) is 3. The first-order valence-electron chi connectivity index (χ1n) is 8.58. The van der Waals surface area contributed by atoms with Crippen LogP contribution in [0.2, 0.25) is 0 Å². The average molecular weight is 335 g/mol. The van der Waals surface area contributed by atoms with Crippen molar-refractivity contribution in [2.45, 2.75) is 39.7 Å². The van der Waals surface area contributed by atoms with E-state index >= 15 is 0 Å². The van der Waals surface area contributed by atoms with Crippen molar-refractivity contribution in [3.8, 4) is 0 Å². The number of urea groups is 1. The second kappa shape index (κ2) is 10.6. The quantitative estimate of drug-likeness (QED) is 0.613. The topological polar surface area (TPSA) is 81.7 Å². The van der Waals surface area contributed by atoms with Gasteiger partial charge >= 0.3 is 12.0 Å². The maximum atomic E-state index is 11.8. The highest BCUT2D eigenvalue weighted by Crippen LogP contribution is 2.20. The molecule has 1 aromatic carbocycles. The van der Waals surface area contributed by atoms with Crippen molar-refractivity contribution in [3.05, 3.63) is 35.4 Å². The fourth-order valence-corrected chi connectivity index (χ4v) is 2.63. The fraction of sp³-hybridized carbons (Fsp3) is 0.556. The molecule has 3 N–H and O–H groups in total. The number of rotatable bonds is 10. The van der Waals surface area contributed by atoms with Crippen molar-refractivity contribution in [2.24, 2.45) is 0 Å². The molecule has 1 rings (SSSR count). The molecule has 0 radical (unpaired) electrons. The van der Waals surface area contributed by atoms with Crippen LogP contribution >= 0.6 is 0 Å². The molecule has 1 atom stereocenters. The summed E-state index contributed by atoms with van der Waals surface area (Å²) in [7, 11) is 0. The van der Waals surface area contributed by atoms with Crippen molar-refractivity contribution in [1.29, 1.82) is 0 Å². The number of carbonyl (C=O) groups is 2. The molecular formula is C18H29N3O3. The zero-order valence-electron chi connectivity index (χ0n) is 14.8. The van der Waals surface area contributed by atoms with E-state index in [0.717, 1.165) is 19.5 Å². The third kappa shape index (κ3) is 6.58. The number of hydrogen-bond donors (Lipinski definition) is 3. The number of amides is 2. The van der Waals surface area contributed by atoms with Gasteiger partial charge in [-0.05, 0) is 30.6 Å². The van der Waals surface area contributed by atoms with E-state index in [1.165, 1.54) is 11.1 Å². The molecule has 6 heteroatoms. The lowest BCUT2D eigenvalue weighted by atomic mass is 10.0. The van der Waals surface area contributed by atoms with Gasteiger partial charge in [0, 0.05) is 13.1 Å². The molecule has 134 valence electrons. The lowest BCUT2D eigenvalue weighted by Crippen LogP contribution is -2.42. The zero-order valence-corrected chi connectivity index (χ0v) is 14.8. The Labute approximate surface area is 144 Å². The third-order valence-electron chi connectivity index (χ3n) is 4.11. The average Bonchev–Trinajstić information content (AvgIpc) is 2.58. The molecule has 2 amide bonds. The second-order valence-corrected chi connectivity index (χ2v) is 5.61. The number of likely N-dealkylation sites (N-methyl/N-ethyl adjacent to an activating group) is 1. The number of nitrogens with zero attached hydrogens (tertiary/aromatic N) is 1. The first kappa shape index (κ1) is 20.0. The van der Waals surface area contributed by atoms with Gasteiger partial charge in [-0.25, -0.2) is 4.79 Å². The monoisotopic (exact) mass is 335 g/mol. The predicted molar refractivity (Wildman–Crippen MR) is 95.1 cm³/mol. The number of benzene rings is 1. The van der Waals surface area contributed by atoms with Crippen LogP contribution in [0, 0.1) is 0 Å². The van der Waals surface area contributed by atoms with Crippen molar-refractivity contribution in [2.75, 3.05) is 26.2 Å². The van der Waals surface area contributed by atoms with Crippen molar-refractivity contribution < 1.29 is 14.7 Å². The van der Waals surface area contributed by atoms with Crippen LogP contribution in [0.1, 0.15) is 44.4 Å². The summed E-state index contributed by atoms with van der Waals surface area (Å²) in [4.78, 5) is 24.6. The molecule has 0 spiro atoms. The van der Waals surface area contributed by atoms with Gasteiger partial charge in [0.1, 0.15) is 0 Å². The molecule has 1 aromatic rings. The summed E-state index contributed by atoms with van der Waals surface area (Å²) < 4.78 is 0. The summed E-state index contributed by atoms with van der Waals surface area (Å²) in [5.74, 6) is -0.924. The van der Waals surface area contributed by atoms with Gasteiger partial charge in [-0.15, -0.1) is 0 Å². The maximum absolute atomic E-state index is 11.8. The van der Waals surface area contributed by atoms with E-state index in [9.17, 15) is 9.59 Å². The SMILES string of the molecule is CCc1ccc(C(CNC(=O)NCCC(=O)O)N(CC)CC)cc1. The van der Waals surface area contributed by atoms with Gasteiger partial charge in [-0.2, -0.15) is 0 Å². The molecule has 0 bridgehead atoms. The predicted octanol–water partition coefficient (Wildman–Crippen LogP) is 2.41. The Hall–Kier alpha value is -2.08. The number of aliphatic carboxylic acids is 1. The molecule has 0 aromatic heterocycles. The van der Waals surface area contributed by atoms with Crippen LogP contribution in [-0.2, 0) is 11.2 Å².